The Morgan fingerprint density at radius 3 is 2.50 bits per heavy atom. The molecule has 92 valence electrons. The van der Waals surface area contributed by atoms with Crippen LogP contribution in [0.5, 0.6) is 5.75 Å². The third-order valence-electron chi connectivity index (χ3n) is 2.35. The van der Waals surface area contributed by atoms with Crippen LogP contribution < -0.4 is 4.74 Å². The molecule has 0 aliphatic rings. The Morgan fingerprint density at radius 2 is 1.83 bits per heavy atom. The Balaban J connectivity index is 2.56. The van der Waals surface area contributed by atoms with E-state index in [9.17, 15) is 4.79 Å². The maximum Gasteiger partial charge on any atom is 0.308 e. The van der Waals surface area contributed by atoms with Crippen molar-refractivity contribution < 1.29 is 9.53 Å². The van der Waals surface area contributed by atoms with Crippen LogP contribution in [0.3, 0.4) is 0 Å². The SMILES string of the molecule is CC(=O)Oc1c(Cl)cccc1-c1cccc(Cl)c1. The van der Waals surface area contributed by atoms with Crippen molar-refractivity contribution in [2.45, 2.75) is 6.92 Å². The molecule has 2 rings (SSSR count). The predicted molar refractivity (Wildman–Crippen MR) is 73.2 cm³/mol. The second-order valence-electron chi connectivity index (χ2n) is 3.72. The first-order chi connectivity index (χ1) is 8.58. The molecular formula is C14H10Cl2O2. The molecule has 0 saturated heterocycles. The number of benzene rings is 2. The lowest BCUT2D eigenvalue weighted by Gasteiger charge is -2.11. The summed E-state index contributed by atoms with van der Waals surface area (Å²) in [6.07, 6.45) is 0. The van der Waals surface area contributed by atoms with Gasteiger partial charge < -0.3 is 4.74 Å². The summed E-state index contributed by atoms with van der Waals surface area (Å²) in [6.45, 7) is 1.34. The number of hydrogen-bond donors (Lipinski definition) is 0. The van der Waals surface area contributed by atoms with Crippen LogP contribution in [0.1, 0.15) is 6.92 Å². The van der Waals surface area contributed by atoms with E-state index in [0.29, 0.717) is 15.8 Å². The van der Waals surface area contributed by atoms with Crippen LogP contribution in [0.25, 0.3) is 11.1 Å². The van der Waals surface area contributed by atoms with Crippen LogP contribution in [-0.4, -0.2) is 5.97 Å². The third kappa shape index (κ3) is 2.84. The second kappa shape index (κ2) is 5.42. The fourth-order valence-electron chi connectivity index (χ4n) is 1.64. The van der Waals surface area contributed by atoms with E-state index < -0.39 is 5.97 Å². The van der Waals surface area contributed by atoms with Gasteiger partial charge in [-0.15, -0.1) is 0 Å². The highest BCUT2D eigenvalue weighted by molar-refractivity contribution is 6.33. The van der Waals surface area contributed by atoms with Crippen LogP contribution in [-0.2, 0) is 4.79 Å². The molecule has 2 aromatic rings. The van der Waals surface area contributed by atoms with Crippen molar-refractivity contribution in [3.63, 3.8) is 0 Å². The number of hydrogen-bond acceptors (Lipinski definition) is 2. The summed E-state index contributed by atoms with van der Waals surface area (Å²) >= 11 is 12.0. The molecule has 0 amide bonds. The standard InChI is InChI=1S/C14H10Cl2O2/c1-9(17)18-14-12(6-3-7-13(14)16)10-4-2-5-11(15)8-10/h2-8H,1H3. The zero-order valence-corrected chi connectivity index (χ0v) is 11.1. The van der Waals surface area contributed by atoms with Crippen LogP contribution in [0.2, 0.25) is 10.0 Å². The maximum atomic E-state index is 11.1. The van der Waals surface area contributed by atoms with Crippen LogP contribution in [0.15, 0.2) is 42.5 Å². The van der Waals surface area contributed by atoms with Crippen LogP contribution >= 0.6 is 23.2 Å². The van der Waals surface area contributed by atoms with Gasteiger partial charge in [0, 0.05) is 17.5 Å². The van der Waals surface area contributed by atoms with Crippen molar-refractivity contribution >= 4 is 29.2 Å². The number of esters is 1. The Bertz CT molecular complexity index is 594. The number of ether oxygens (including phenoxy) is 1. The molecule has 0 heterocycles. The van der Waals surface area contributed by atoms with Crippen molar-refractivity contribution in [3.05, 3.63) is 52.5 Å². The molecule has 0 radical (unpaired) electrons. The second-order valence-corrected chi connectivity index (χ2v) is 4.56. The largest absolute Gasteiger partial charge is 0.424 e. The zero-order chi connectivity index (χ0) is 13.1. The highest BCUT2D eigenvalue weighted by Gasteiger charge is 2.12. The predicted octanol–water partition coefficient (Wildman–Crippen LogP) is 4.59. The zero-order valence-electron chi connectivity index (χ0n) is 9.61. The van der Waals surface area contributed by atoms with Crippen molar-refractivity contribution in [1.29, 1.82) is 0 Å². The molecule has 0 atom stereocenters. The summed E-state index contributed by atoms with van der Waals surface area (Å²) in [4.78, 5) is 11.1. The van der Waals surface area contributed by atoms with E-state index in [1.165, 1.54) is 6.92 Å². The van der Waals surface area contributed by atoms with Gasteiger partial charge in [-0.05, 0) is 23.8 Å². The minimum absolute atomic E-state index is 0.355. The van der Waals surface area contributed by atoms with Gasteiger partial charge in [-0.2, -0.15) is 0 Å². The average Bonchev–Trinajstić information content (AvgIpc) is 2.31. The number of para-hydroxylation sites is 1. The van der Waals surface area contributed by atoms with E-state index in [1.54, 1.807) is 24.3 Å². The highest BCUT2D eigenvalue weighted by atomic mass is 35.5. The van der Waals surface area contributed by atoms with Gasteiger partial charge >= 0.3 is 5.97 Å². The van der Waals surface area contributed by atoms with Gasteiger partial charge in [0.05, 0.1) is 5.02 Å². The number of halogens is 2. The Hall–Kier alpha value is -1.51. The van der Waals surface area contributed by atoms with Gasteiger partial charge in [0.1, 0.15) is 0 Å². The number of rotatable bonds is 2. The fraction of sp³-hybridized carbons (Fsp3) is 0.0714. The minimum Gasteiger partial charge on any atom is -0.424 e. The normalized spacial score (nSPS) is 10.2. The lowest BCUT2D eigenvalue weighted by atomic mass is 10.0. The molecule has 18 heavy (non-hydrogen) atoms. The van der Waals surface area contributed by atoms with E-state index in [2.05, 4.69) is 0 Å². The highest BCUT2D eigenvalue weighted by Crippen LogP contribution is 2.37. The molecule has 4 heteroatoms. The number of carbonyl (C=O) groups excluding carboxylic acids is 1. The van der Waals surface area contributed by atoms with E-state index in [0.717, 1.165) is 11.1 Å². The van der Waals surface area contributed by atoms with E-state index in [-0.39, 0.29) is 0 Å². The first kappa shape index (κ1) is 12.9. The fourth-order valence-corrected chi connectivity index (χ4v) is 2.04. The Morgan fingerprint density at radius 1 is 1.11 bits per heavy atom. The van der Waals surface area contributed by atoms with Crippen LogP contribution in [0, 0.1) is 0 Å². The van der Waals surface area contributed by atoms with Crippen molar-refractivity contribution in [3.8, 4) is 16.9 Å². The Kier molecular flexibility index (Phi) is 3.90. The third-order valence-corrected chi connectivity index (χ3v) is 2.88. The van der Waals surface area contributed by atoms with E-state index in [1.807, 2.05) is 18.2 Å². The molecule has 0 N–H and O–H groups in total. The average molecular weight is 281 g/mol. The van der Waals surface area contributed by atoms with E-state index >= 15 is 0 Å². The first-order valence-electron chi connectivity index (χ1n) is 5.31. The lowest BCUT2D eigenvalue weighted by molar-refractivity contribution is -0.131. The molecule has 0 aliphatic heterocycles. The topological polar surface area (TPSA) is 26.3 Å². The minimum atomic E-state index is -0.411. The van der Waals surface area contributed by atoms with Crippen LogP contribution in [0.4, 0.5) is 0 Å². The number of carbonyl (C=O) groups is 1. The summed E-state index contributed by atoms with van der Waals surface area (Å²) in [5.41, 5.74) is 1.58. The molecule has 0 unspecified atom stereocenters. The lowest BCUT2D eigenvalue weighted by Crippen LogP contribution is -2.03. The molecule has 0 aliphatic carbocycles. The molecule has 0 saturated carbocycles. The molecule has 0 aromatic heterocycles. The molecular weight excluding hydrogens is 271 g/mol. The Labute approximate surface area is 115 Å². The van der Waals surface area contributed by atoms with Gasteiger partial charge in [-0.25, -0.2) is 0 Å². The smallest absolute Gasteiger partial charge is 0.308 e. The molecule has 0 fully saturated rings. The summed E-state index contributed by atoms with van der Waals surface area (Å²) in [5, 5.41) is 1.00. The molecule has 2 aromatic carbocycles. The molecule has 2 nitrogen and oxygen atoms in total. The summed E-state index contributed by atoms with van der Waals surface area (Å²) in [7, 11) is 0. The van der Waals surface area contributed by atoms with Crippen molar-refractivity contribution in [1.82, 2.24) is 0 Å². The first-order valence-corrected chi connectivity index (χ1v) is 6.06. The summed E-state index contributed by atoms with van der Waals surface area (Å²) in [6, 6.07) is 12.6. The van der Waals surface area contributed by atoms with Crippen molar-refractivity contribution in [2.24, 2.45) is 0 Å². The van der Waals surface area contributed by atoms with Gasteiger partial charge in [0.15, 0.2) is 5.75 Å². The maximum absolute atomic E-state index is 11.1. The van der Waals surface area contributed by atoms with Gasteiger partial charge in [0.2, 0.25) is 0 Å². The summed E-state index contributed by atoms with van der Waals surface area (Å²) < 4.78 is 5.16. The van der Waals surface area contributed by atoms with Gasteiger partial charge in [-0.3, -0.25) is 4.79 Å². The molecule has 0 spiro atoms. The van der Waals surface area contributed by atoms with Crippen molar-refractivity contribution in [2.75, 3.05) is 0 Å². The van der Waals surface area contributed by atoms with Gasteiger partial charge in [0.25, 0.3) is 0 Å². The van der Waals surface area contributed by atoms with E-state index in [4.69, 9.17) is 27.9 Å². The van der Waals surface area contributed by atoms with Gasteiger partial charge in [-0.1, -0.05) is 47.5 Å². The quantitative estimate of drug-likeness (QED) is 0.594. The summed E-state index contributed by atoms with van der Waals surface area (Å²) in [5.74, 6) is -0.0553. The molecule has 0 bridgehead atoms. The monoisotopic (exact) mass is 280 g/mol.